The molecule has 2 heterocycles. The molecule has 1 N–H and O–H groups in total. The number of hydrogen-bond acceptors (Lipinski definition) is 4. The lowest BCUT2D eigenvalue weighted by atomic mass is 9.99. The van der Waals surface area contributed by atoms with Crippen LogP contribution in [0.4, 0.5) is 0 Å². The molecule has 1 aliphatic heterocycles. The largest absolute Gasteiger partial charge is 0.491 e. The summed E-state index contributed by atoms with van der Waals surface area (Å²) in [5.74, 6) is 1.65. The van der Waals surface area contributed by atoms with Gasteiger partial charge in [-0.25, -0.2) is 13.4 Å². The monoisotopic (exact) mass is 349 g/mol. The fourth-order valence-electron chi connectivity index (χ4n) is 3.00. The molecule has 0 amide bonds. The Kier molecular flexibility index (Phi) is 4.91. The Labute approximate surface area is 142 Å². The molecule has 0 bridgehead atoms. The third kappa shape index (κ3) is 3.62. The number of aromatic amines is 1. The summed E-state index contributed by atoms with van der Waals surface area (Å²) >= 11 is 0. The van der Waals surface area contributed by atoms with Crippen LogP contribution in [0, 0.1) is 0 Å². The molecule has 130 valence electrons. The number of aromatic nitrogens is 2. The van der Waals surface area contributed by atoms with Crippen LogP contribution in [0.1, 0.15) is 38.4 Å². The number of H-pyrrole nitrogens is 1. The lowest BCUT2D eigenvalue weighted by molar-refractivity contribution is 0.242. The molecule has 0 saturated carbocycles. The third-order valence-electron chi connectivity index (χ3n) is 4.12. The number of imidazole rings is 1. The first-order valence-corrected chi connectivity index (χ1v) is 9.67. The van der Waals surface area contributed by atoms with E-state index in [4.69, 9.17) is 4.74 Å². The number of piperidine rings is 1. The highest BCUT2D eigenvalue weighted by Gasteiger charge is 2.31. The number of sulfonamides is 1. The molecule has 0 radical (unpaired) electrons. The third-order valence-corrected chi connectivity index (χ3v) is 6.00. The van der Waals surface area contributed by atoms with E-state index in [9.17, 15) is 8.42 Å². The van der Waals surface area contributed by atoms with Gasteiger partial charge in [0.05, 0.1) is 11.0 Å². The van der Waals surface area contributed by atoms with Crippen LogP contribution in [-0.4, -0.2) is 41.9 Å². The molecule has 1 saturated heterocycles. The maximum atomic E-state index is 12.9. The van der Waals surface area contributed by atoms with Crippen LogP contribution in [0.2, 0.25) is 0 Å². The van der Waals surface area contributed by atoms with Gasteiger partial charge in [-0.1, -0.05) is 0 Å². The van der Waals surface area contributed by atoms with Crippen LogP contribution in [-0.2, 0) is 10.0 Å². The van der Waals surface area contributed by atoms with Crippen LogP contribution < -0.4 is 4.74 Å². The van der Waals surface area contributed by atoms with Gasteiger partial charge >= 0.3 is 0 Å². The number of nitrogens with one attached hydrogen (secondary N) is 1. The van der Waals surface area contributed by atoms with Gasteiger partial charge < -0.3 is 9.72 Å². The molecule has 6 nitrogen and oxygen atoms in total. The number of hydrogen-bond donors (Lipinski definition) is 1. The van der Waals surface area contributed by atoms with Crippen molar-refractivity contribution < 1.29 is 13.2 Å². The predicted octanol–water partition coefficient (Wildman–Crippen LogP) is 2.77. The highest BCUT2D eigenvalue weighted by molar-refractivity contribution is 7.89. The standard InChI is InChI=1S/C17H23N3O3S/c1-13(2)23-15-5-7-16(8-6-15)24(21,22)20-11-3-4-14(12-20)17-18-9-10-19-17/h5-10,13-14H,3-4,11-12H2,1-2H3,(H,18,19). The minimum atomic E-state index is -3.50. The number of nitrogens with zero attached hydrogens (tertiary/aromatic N) is 2. The van der Waals surface area contributed by atoms with Crippen molar-refractivity contribution in [1.29, 1.82) is 0 Å². The summed E-state index contributed by atoms with van der Waals surface area (Å²) in [5.41, 5.74) is 0. The number of rotatable bonds is 5. The van der Waals surface area contributed by atoms with Crippen molar-refractivity contribution in [2.45, 2.75) is 43.6 Å². The average molecular weight is 349 g/mol. The van der Waals surface area contributed by atoms with Gasteiger partial charge in [-0.3, -0.25) is 0 Å². The molecular formula is C17H23N3O3S. The van der Waals surface area contributed by atoms with E-state index >= 15 is 0 Å². The highest BCUT2D eigenvalue weighted by Crippen LogP contribution is 2.29. The van der Waals surface area contributed by atoms with Gasteiger partial charge in [0.2, 0.25) is 10.0 Å². The minimum absolute atomic E-state index is 0.0589. The van der Waals surface area contributed by atoms with Crippen molar-refractivity contribution in [1.82, 2.24) is 14.3 Å². The van der Waals surface area contributed by atoms with E-state index in [0.717, 1.165) is 18.7 Å². The second-order valence-electron chi connectivity index (χ2n) is 6.31. The average Bonchev–Trinajstić information content (AvgIpc) is 3.09. The summed E-state index contributed by atoms with van der Waals surface area (Å²) in [6, 6.07) is 6.65. The Morgan fingerprint density at radius 2 is 2.04 bits per heavy atom. The van der Waals surface area contributed by atoms with Gasteiger partial charge in [0.15, 0.2) is 0 Å². The summed E-state index contributed by atoms with van der Waals surface area (Å²) < 4.78 is 32.9. The fourth-order valence-corrected chi connectivity index (χ4v) is 4.52. The zero-order chi connectivity index (χ0) is 17.2. The summed E-state index contributed by atoms with van der Waals surface area (Å²) in [4.78, 5) is 7.67. The highest BCUT2D eigenvalue weighted by atomic mass is 32.2. The molecule has 3 rings (SSSR count). The summed E-state index contributed by atoms with van der Waals surface area (Å²) in [7, 11) is -3.50. The molecule has 1 atom stereocenters. The van der Waals surface area contributed by atoms with E-state index in [0.29, 0.717) is 23.7 Å². The van der Waals surface area contributed by atoms with Gasteiger partial charge in [-0.05, 0) is 51.0 Å². The van der Waals surface area contributed by atoms with Crippen molar-refractivity contribution in [3.05, 3.63) is 42.5 Å². The van der Waals surface area contributed by atoms with E-state index in [2.05, 4.69) is 9.97 Å². The van der Waals surface area contributed by atoms with Gasteiger partial charge in [-0.2, -0.15) is 4.31 Å². The van der Waals surface area contributed by atoms with Crippen molar-refractivity contribution in [3.63, 3.8) is 0 Å². The summed E-state index contributed by atoms with van der Waals surface area (Å²) in [6.07, 6.45) is 5.32. The van der Waals surface area contributed by atoms with Crippen LogP contribution in [0.3, 0.4) is 0 Å². The van der Waals surface area contributed by atoms with Crippen molar-refractivity contribution in [3.8, 4) is 5.75 Å². The van der Waals surface area contributed by atoms with E-state index < -0.39 is 10.0 Å². The van der Waals surface area contributed by atoms with Gasteiger partial charge in [0.25, 0.3) is 0 Å². The van der Waals surface area contributed by atoms with Gasteiger partial charge in [-0.15, -0.1) is 0 Å². The first kappa shape index (κ1) is 17.0. The molecule has 1 fully saturated rings. The van der Waals surface area contributed by atoms with Crippen LogP contribution in [0.15, 0.2) is 41.6 Å². The smallest absolute Gasteiger partial charge is 0.243 e. The molecule has 1 aromatic heterocycles. The first-order valence-electron chi connectivity index (χ1n) is 8.23. The van der Waals surface area contributed by atoms with Crippen LogP contribution in [0.5, 0.6) is 5.75 Å². The van der Waals surface area contributed by atoms with E-state index in [1.807, 2.05) is 13.8 Å². The zero-order valence-electron chi connectivity index (χ0n) is 14.0. The number of ether oxygens (including phenoxy) is 1. The maximum Gasteiger partial charge on any atom is 0.243 e. The van der Waals surface area contributed by atoms with Gasteiger partial charge in [0, 0.05) is 31.4 Å². The molecule has 1 unspecified atom stereocenters. The lowest BCUT2D eigenvalue weighted by Crippen LogP contribution is -2.39. The predicted molar refractivity (Wildman–Crippen MR) is 91.5 cm³/mol. The van der Waals surface area contributed by atoms with E-state index in [-0.39, 0.29) is 12.0 Å². The Morgan fingerprint density at radius 3 is 2.67 bits per heavy atom. The normalized spacial score (nSPS) is 19.5. The SMILES string of the molecule is CC(C)Oc1ccc(S(=O)(=O)N2CCCC(c3ncc[nH]3)C2)cc1. The molecule has 1 aliphatic rings. The molecule has 2 aromatic rings. The van der Waals surface area contributed by atoms with Crippen molar-refractivity contribution >= 4 is 10.0 Å². The molecule has 24 heavy (non-hydrogen) atoms. The lowest BCUT2D eigenvalue weighted by Gasteiger charge is -2.31. The molecule has 0 aliphatic carbocycles. The zero-order valence-corrected chi connectivity index (χ0v) is 14.8. The topological polar surface area (TPSA) is 75.3 Å². The van der Waals surface area contributed by atoms with E-state index in [1.165, 1.54) is 0 Å². The Balaban J connectivity index is 1.77. The number of benzene rings is 1. The summed E-state index contributed by atoms with van der Waals surface area (Å²) in [5, 5.41) is 0. The maximum absolute atomic E-state index is 12.9. The van der Waals surface area contributed by atoms with Crippen LogP contribution in [0.25, 0.3) is 0 Å². The quantitative estimate of drug-likeness (QED) is 0.900. The molecule has 0 spiro atoms. The van der Waals surface area contributed by atoms with Crippen LogP contribution >= 0.6 is 0 Å². The Hall–Kier alpha value is -1.86. The molecular weight excluding hydrogens is 326 g/mol. The van der Waals surface area contributed by atoms with Crippen molar-refractivity contribution in [2.24, 2.45) is 0 Å². The molecule has 1 aromatic carbocycles. The molecule has 7 heteroatoms. The Morgan fingerprint density at radius 1 is 1.29 bits per heavy atom. The summed E-state index contributed by atoms with van der Waals surface area (Å²) in [6.45, 7) is 4.88. The van der Waals surface area contributed by atoms with E-state index in [1.54, 1.807) is 41.0 Å². The Bertz CT molecular complexity index is 755. The fraction of sp³-hybridized carbons (Fsp3) is 0.471. The van der Waals surface area contributed by atoms with Gasteiger partial charge in [0.1, 0.15) is 11.6 Å². The second-order valence-corrected chi connectivity index (χ2v) is 8.25. The second kappa shape index (κ2) is 6.94. The van der Waals surface area contributed by atoms with Crippen molar-refractivity contribution in [2.75, 3.05) is 13.1 Å². The first-order chi connectivity index (χ1) is 11.5. The minimum Gasteiger partial charge on any atom is -0.491 e.